The van der Waals surface area contributed by atoms with Crippen molar-refractivity contribution in [2.75, 3.05) is 7.05 Å². The Hall–Kier alpha value is -3.87. The molecule has 6 nitrogen and oxygen atoms in total. The minimum absolute atomic E-state index is 0.200. The summed E-state index contributed by atoms with van der Waals surface area (Å²) in [5.74, 6) is 0.618. The molecule has 5 rings (SSSR count). The van der Waals surface area contributed by atoms with Gasteiger partial charge in [-0.3, -0.25) is 0 Å². The van der Waals surface area contributed by atoms with Crippen LogP contribution < -0.4 is 5.32 Å². The van der Waals surface area contributed by atoms with E-state index in [1.165, 1.54) is 12.1 Å². The number of aromatic nitrogens is 3. The lowest BCUT2D eigenvalue weighted by molar-refractivity contribution is 0.182. The van der Waals surface area contributed by atoms with E-state index < -0.39 is 0 Å². The molecule has 7 heteroatoms. The summed E-state index contributed by atoms with van der Waals surface area (Å²) in [6.07, 6.45) is 2.74. The fraction of sp³-hybridized carbons (Fsp3) is 0.200. The molecule has 1 N–H and O–H groups in total. The fourth-order valence-electron chi connectivity index (χ4n) is 4.49. The van der Waals surface area contributed by atoms with Crippen LogP contribution in [-0.4, -0.2) is 32.3 Å². The zero-order valence-corrected chi connectivity index (χ0v) is 18.0. The zero-order chi connectivity index (χ0) is 22.2. The Labute approximate surface area is 185 Å². The Morgan fingerprint density at radius 1 is 1.09 bits per heavy atom. The molecule has 1 aliphatic heterocycles. The average Bonchev–Trinajstić information content (AvgIpc) is 3.41. The van der Waals surface area contributed by atoms with Crippen LogP contribution in [0.3, 0.4) is 0 Å². The van der Waals surface area contributed by atoms with Gasteiger partial charge in [-0.05, 0) is 48.4 Å². The first kappa shape index (κ1) is 20.1. The number of nitrogens with one attached hydrogen (secondary N) is 1. The molecule has 0 aliphatic carbocycles. The first-order valence-electron chi connectivity index (χ1n) is 10.7. The summed E-state index contributed by atoms with van der Waals surface area (Å²) < 4.78 is 17.7. The molecule has 2 amide bonds. The molecular weight excluding hydrogens is 405 g/mol. The maximum Gasteiger partial charge on any atom is 0.318 e. The Bertz CT molecular complexity index is 1260. The van der Waals surface area contributed by atoms with Crippen molar-refractivity contribution in [2.24, 2.45) is 0 Å². The van der Waals surface area contributed by atoms with Crippen molar-refractivity contribution in [3.05, 3.63) is 101 Å². The third-order valence-electron chi connectivity index (χ3n) is 5.96. The second-order valence-corrected chi connectivity index (χ2v) is 7.79. The van der Waals surface area contributed by atoms with Crippen LogP contribution in [0.15, 0.2) is 72.9 Å². The summed E-state index contributed by atoms with van der Waals surface area (Å²) in [6, 6.07) is 19.7. The number of fused-ring (bicyclic) bond motifs is 3. The van der Waals surface area contributed by atoms with Crippen molar-refractivity contribution in [3.63, 3.8) is 0 Å². The topological polar surface area (TPSA) is 55.1 Å². The van der Waals surface area contributed by atoms with Crippen LogP contribution in [0.25, 0.3) is 11.5 Å². The summed E-state index contributed by atoms with van der Waals surface area (Å²) >= 11 is 0. The second kappa shape index (κ2) is 8.00. The number of nitrogens with zero attached hydrogens (tertiary/aromatic N) is 4. The number of rotatable bonds is 3. The molecule has 4 aromatic rings. The summed E-state index contributed by atoms with van der Waals surface area (Å²) in [7, 11) is 1.63. The SMILES string of the molecule is CCc1nn(-c2ccccc2)c2c1CN(C(=O)NC)[C@@H](c1ccc(F)cc1)c1cccn1-2. The maximum absolute atomic E-state index is 13.7. The van der Waals surface area contributed by atoms with Gasteiger partial charge < -0.3 is 14.8 Å². The van der Waals surface area contributed by atoms with E-state index >= 15 is 0 Å². The van der Waals surface area contributed by atoms with Crippen LogP contribution in [-0.2, 0) is 13.0 Å². The molecule has 162 valence electrons. The van der Waals surface area contributed by atoms with Crippen molar-refractivity contribution in [1.29, 1.82) is 0 Å². The van der Waals surface area contributed by atoms with Crippen LogP contribution in [0, 0.1) is 5.82 Å². The molecule has 0 radical (unpaired) electrons. The number of aryl methyl sites for hydroxylation is 1. The van der Waals surface area contributed by atoms with Crippen LogP contribution in [0.2, 0.25) is 0 Å². The first-order chi connectivity index (χ1) is 15.6. The molecule has 2 aromatic heterocycles. The molecule has 2 aromatic carbocycles. The highest BCUT2D eigenvalue weighted by Crippen LogP contribution is 2.38. The number of hydrogen-bond acceptors (Lipinski definition) is 2. The van der Waals surface area contributed by atoms with Gasteiger partial charge in [-0.25, -0.2) is 13.9 Å². The fourth-order valence-corrected chi connectivity index (χ4v) is 4.49. The highest BCUT2D eigenvalue weighted by Gasteiger charge is 2.35. The lowest BCUT2D eigenvalue weighted by Crippen LogP contribution is -2.40. The van der Waals surface area contributed by atoms with Crippen LogP contribution in [0.4, 0.5) is 9.18 Å². The summed E-state index contributed by atoms with van der Waals surface area (Å²) in [5, 5.41) is 7.70. The highest BCUT2D eigenvalue weighted by molar-refractivity contribution is 5.75. The Morgan fingerprint density at radius 2 is 1.84 bits per heavy atom. The first-order valence-corrected chi connectivity index (χ1v) is 10.7. The van der Waals surface area contributed by atoms with Gasteiger partial charge in [0, 0.05) is 18.8 Å². The molecule has 32 heavy (non-hydrogen) atoms. The quantitative estimate of drug-likeness (QED) is 0.517. The van der Waals surface area contributed by atoms with Crippen molar-refractivity contribution in [2.45, 2.75) is 25.9 Å². The number of urea groups is 1. The molecule has 3 heterocycles. The van der Waals surface area contributed by atoms with Crippen molar-refractivity contribution >= 4 is 6.03 Å². The minimum atomic E-state index is -0.383. The average molecular weight is 429 g/mol. The standard InChI is InChI=1S/C25H24FN5O/c1-3-21-20-16-30(25(32)27-2)23(17-11-13-18(26)14-12-17)22-10-7-15-29(22)24(20)31(28-21)19-8-5-4-6-9-19/h4-15,23H,3,16H2,1-2H3,(H,27,32)/t23-/m0/s1. The van der Waals surface area contributed by atoms with E-state index in [1.54, 1.807) is 24.1 Å². The predicted molar refractivity (Wildman–Crippen MR) is 121 cm³/mol. The lowest BCUT2D eigenvalue weighted by Gasteiger charge is -2.30. The van der Waals surface area contributed by atoms with Crippen molar-refractivity contribution in [1.82, 2.24) is 24.6 Å². The maximum atomic E-state index is 13.7. The number of para-hydroxylation sites is 1. The normalized spacial score (nSPS) is 15.1. The van der Waals surface area contributed by atoms with E-state index in [-0.39, 0.29) is 17.9 Å². The second-order valence-electron chi connectivity index (χ2n) is 7.79. The predicted octanol–water partition coefficient (Wildman–Crippen LogP) is 4.61. The molecule has 1 atom stereocenters. The van der Waals surface area contributed by atoms with Crippen molar-refractivity contribution < 1.29 is 9.18 Å². The number of carbonyl (C=O) groups is 1. The molecular formula is C25H24FN5O. The number of amides is 2. The van der Waals surface area contributed by atoms with E-state index in [9.17, 15) is 9.18 Å². The van der Waals surface area contributed by atoms with Gasteiger partial charge in [-0.2, -0.15) is 5.10 Å². The number of benzene rings is 2. The van der Waals surface area contributed by atoms with E-state index in [2.05, 4.69) is 16.8 Å². The van der Waals surface area contributed by atoms with E-state index in [0.717, 1.165) is 40.4 Å². The summed E-state index contributed by atoms with van der Waals surface area (Å²) in [5.41, 5.74) is 4.66. The third-order valence-corrected chi connectivity index (χ3v) is 5.96. The molecule has 0 saturated carbocycles. The molecule has 0 unspecified atom stereocenters. The van der Waals surface area contributed by atoms with Gasteiger partial charge in [0.25, 0.3) is 0 Å². The smallest absolute Gasteiger partial charge is 0.318 e. The van der Waals surface area contributed by atoms with Gasteiger partial charge in [0.15, 0.2) is 0 Å². The van der Waals surface area contributed by atoms with Gasteiger partial charge in [0.2, 0.25) is 0 Å². The van der Waals surface area contributed by atoms with Gasteiger partial charge in [0.05, 0.1) is 29.7 Å². The van der Waals surface area contributed by atoms with Gasteiger partial charge >= 0.3 is 6.03 Å². The molecule has 0 saturated heterocycles. The van der Waals surface area contributed by atoms with E-state index in [0.29, 0.717) is 6.54 Å². The van der Waals surface area contributed by atoms with Crippen molar-refractivity contribution in [3.8, 4) is 11.5 Å². The summed E-state index contributed by atoms with van der Waals surface area (Å²) in [6.45, 7) is 2.45. The molecule has 0 bridgehead atoms. The lowest BCUT2D eigenvalue weighted by atomic mass is 10.0. The molecule has 0 fully saturated rings. The monoisotopic (exact) mass is 429 g/mol. The Morgan fingerprint density at radius 3 is 2.53 bits per heavy atom. The summed E-state index contributed by atoms with van der Waals surface area (Å²) in [4.78, 5) is 14.9. The molecule has 1 aliphatic rings. The van der Waals surface area contributed by atoms with Gasteiger partial charge in [-0.1, -0.05) is 37.3 Å². The van der Waals surface area contributed by atoms with E-state index in [4.69, 9.17) is 5.10 Å². The Kier molecular flexibility index (Phi) is 5.01. The van der Waals surface area contributed by atoms with Crippen LogP contribution in [0.1, 0.15) is 35.5 Å². The molecule has 0 spiro atoms. The highest BCUT2D eigenvalue weighted by atomic mass is 19.1. The van der Waals surface area contributed by atoms with Gasteiger partial charge in [-0.15, -0.1) is 0 Å². The number of carbonyl (C=O) groups excluding carboxylic acids is 1. The Balaban J connectivity index is 1.78. The van der Waals surface area contributed by atoms with Gasteiger partial charge in [0.1, 0.15) is 11.6 Å². The van der Waals surface area contributed by atoms with Crippen LogP contribution in [0.5, 0.6) is 0 Å². The number of halogens is 1. The van der Waals surface area contributed by atoms with Crippen LogP contribution >= 0.6 is 0 Å². The van der Waals surface area contributed by atoms with E-state index in [1.807, 2.05) is 53.3 Å². The third kappa shape index (κ3) is 3.17. The number of hydrogen-bond donors (Lipinski definition) is 1. The zero-order valence-electron chi connectivity index (χ0n) is 18.0. The minimum Gasteiger partial charge on any atom is -0.341 e. The largest absolute Gasteiger partial charge is 0.341 e.